The first-order valence-corrected chi connectivity index (χ1v) is 9.28. The number of allylic oxidation sites excluding steroid dienone is 1. The second kappa shape index (κ2) is 6.79. The first-order chi connectivity index (χ1) is 9.87. The Morgan fingerprint density at radius 2 is 1.95 bits per heavy atom. The van der Waals surface area contributed by atoms with E-state index in [1.807, 2.05) is 25.1 Å². The van der Waals surface area contributed by atoms with Gasteiger partial charge in [-0.25, -0.2) is 13.2 Å². The molecule has 2 rings (SSSR count). The van der Waals surface area contributed by atoms with E-state index in [0.717, 1.165) is 6.54 Å². The van der Waals surface area contributed by atoms with Gasteiger partial charge in [-0.05, 0) is 39.3 Å². The minimum absolute atomic E-state index is 0.0835. The van der Waals surface area contributed by atoms with Gasteiger partial charge >= 0.3 is 6.03 Å². The lowest BCUT2D eigenvalue weighted by Crippen LogP contribution is -2.48. The zero-order valence-electron chi connectivity index (χ0n) is 12.8. The van der Waals surface area contributed by atoms with Crippen molar-refractivity contribution in [3.05, 3.63) is 12.3 Å². The molecule has 0 radical (unpaired) electrons. The molecule has 1 heterocycles. The van der Waals surface area contributed by atoms with Crippen molar-refractivity contribution in [2.75, 3.05) is 38.7 Å². The molecule has 120 valence electrons. The fourth-order valence-corrected chi connectivity index (χ4v) is 4.14. The van der Waals surface area contributed by atoms with Crippen molar-refractivity contribution in [3.8, 4) is 0 Å². The molecule has 2 aliphatic rings. The van der Waals surface area contributed by atoms with E-state index in [4.69, 9.17) is 0 Å². The lowest BCUT2D eigenvalue weighted by Gasteiger charge is -2.29. The van der Waals surface area contributed by atoms with Crippen molar-refractivity contribution in [2.24, 2.45) is 5.92 Å². The van der Waals surface area contributed by atoms with Crippen molar-refractivity contribution in [2.45, 2.75) is 25.3 Å². The predicted molar refractivity (Wildman–Crippen MR) is 82.7 cm³/mol. The molecule has 1 atom stereocenters. The Morgan fingerprint density at radius 1 is 1.24 bits per heavy atom. The molecular weight excluding hydrogens is 290 g/mol. The zero-order valence-corrected chi connectivity index (χ0v) is 13.6. The third-order valence-corrected chi connectivity index (χ3v) is 5.65. The van der Waals surface area contributed by atoms with Gasteiger partial charge in [0.1, 0.15) is 0 Å². The molecule has 2 amide bonds. The number of carbonyl (C=O) groups is 1. The summed E-state index contributed by atoms with van der Waals surface area (Å²) in [6, 6.07) is -0.403. The molecule has 1 unspecified atom stereocenters. The average Bonchev–Trinajstić information content (AvgIpc) is 3.13. The van der Waals surface area contributed by atoms with Gasteiger partial charge in [-0.15, -0.1) is 0 Å². The number of nitrogens with one attached hydrogen (secondary N) is 1. The molecule has 2 fully saturated rings. The van der Waals surface area contributed by atoms with Crippen molar-refractivity contribution >= 4 is 15.9 Å². The van der Waals surface area contributed by atoms with Crippen LogP contribution in [0.2, 0.25) is 0 Å². The van der Waals surface area contributed by atoms with Crippen LogP contribution in [-0.2, 0) is 9.84 Å². The van der Waals surface area contributed by atoms with Gasteiger partial charge in [0, 0.05) is 25.3 Å². The standard InChI is InChI=1S/C14H25N3O3S/c1-16(2)8-9-17(13-6-10-21(19,20)11-13)14(18)15-7-5-12-3-4-12/h5,7,12-13H,3-4,6,8-11H2,1-2H3,(H,15,18)/b7-5+. The number of carbonyl (C=O) groups excluding carboxylic acids is 1. The first-order valence-electron chi connectivity index (χ1n) is 7.46. The van der Waals surface area contributed by atoms with E-state index in [2.05, 4.69) is 5.32 Å². The number of rotatable bonds is 6. The van der Waals surface area contributed by atoms with Crippen molar-refractivity contribution in [3.63, 3.8) is 0 Å². The van der Waals surface area contributed by atoms with Crippen LogP contribution in [0.4, 0.5) is 4.79 Å². The second-order valence-electron chi connectivity index (χ2n) is 6.20. The molecule has 1 saturated heterocycles. The average molecular weight is 315 g/mol. The second-order valence-corrected chi connectivity index (χ2v) is 8.43. The molecule has 0 aromatic rings. The fourth-order valence-electron chi connectivity index (χ4n) is 2.41. The molecule has 21 heavy (non-hydrogen) atoms. The summed E-state index contributed by atoms with van der Waals surface area (Å²) in [7, 11) is 0.888. The smallest absolute Gasteiger partial charge is 0.319 e. The third-order valence-electron chi connectivity index (χ3n) is 3.90. The summed E-state index contributed by atoms with van der Waals surface area (Å²) in [6.07, 6.45) is 6.63. The van der Waals surface area contributed by atoms with E-state index in [9.17, 15) is 13.2 Å². The zero-order chi connectivity index (χ0) is 15.5. The molecule has 7 heteroatoms. The van der Waals surface area contributed by atoms with Gasteiger partial charge < -0.3 is 15.1 Å². The Labute approximate surface area is 127 Å². The van der Waals surface area contributed by atoms with Crippen molar-refractivity contribution in [1.29, 1.82) is 0 Å². The van der Waals surface area contributed by atoms with Gasteiger partial charge in [0.25, 0.3) is 0 Å². The van der Waals surface area contributed by atoms with E-state index < -0.39 is 9.84 Å². The van der Waals surface area contributed by atoms with Crippen LogP contribution >= 0.6 is 0 Å². The maximum Gasteiger partial charge on any atom is 0.321 e. The summed E-state index contributed by atoms with van der Waals surface area (Å²) in [5.41, 5.74) is 0. The first kappa shape index (κ1) is 16.3. The fraction of sp³-hybridized carbons (Fsp3) is 0.786. The number of amides is 2. The van der Waals surface area contributed by atoms with Crippen LogP contribution in [0.15, 0.2) is 12.3 Å². The summed E-state index contributed by atoms with van der Waals surface area (Å²) in [5, 5.41) is 2.78. The van der Waals surface area contributed by atoms with Crippen LogP contribution in [0.5, 0.6) is 0 Å². The number of hydrogen-bond acceptors (Lipinski definition) is 4. The van der Waals surface area contributed by atoms with Gasteiger partial charge in [-0.1, -0.05) is 6.08 Å². The van der Waals surface area contributed by atoms with Gasteiger partial charge in [0.05, 0.1) is 11.5 Å². The Bertz CT molecular complexity index is 498. The van der Waals surface area contributed by atoms with Crippen LogP contribution in [-0.4, -0.2) is 69.0 Å². The lowest BCUT2D eigenvalue weighted by molar-refractivity contribution is 0.176. The Balaban J connectivity index is 1.94. The minimum atomic E-state index is -2.99. The molecule has 0 aromatic carbocycles. The Kier molecular flexibility index (Phi) is 5.27. The van der Waals surface area contributed by atoms with Gasteiger partial charge in [-0.3, -0.25) is 0 Å². The van der Waals surface area contributed by atoms with Gasteiger partial charge in [-0.2, -0.15) is 0 Å². The van der Waals surface area contributed by atoms with Crippen LogP contribution in [0, 0.1) is 5.92 Å². The van der Waals surface area contributed by atoms with Crippen LogP contribution < -0.4 is 5.32 Å². The molecule has 6 nitrogen and oxygen atoms in total. The highest BCUT2D eigenvalue weighted by Gasteiger charge is 2.34. The lowest BCUT2D eigenvalue weighted by atomic mass is 10.2. The molecule has 0 bridgehead atoms. The maximum atomic E-state index is 12.3. The predicted octanol–water partition coefficient (Wildman–Crippen LogP) is 0.670. The summed E-state index contributed by atoms with van der Waals surface area (Å²) in [6.45, 7) is 1.26. The molecule has 1 aliphatic carbocycles. The number of urea groups is 1. The third kappa shape index (κ3) is 5.32. The van der Waals surface area contributed by atoms with Crippen LogP contribution in [0.1, 0.15) is 19.3 Å². The summed E-state index contributed by atoms with van der Waals surface area (Å²) in [5.74, 6) is 0.869. The van der Waals surface area contributed by atoms with Crippen molar-refractivity contribution < 1.29 is 13.2 Å². The highest BCUT2D eigenvalue weighted by molar-refractivity contribution is 7.91. The van der Waals surface area contributed by atoms with E-state index in [-0.39, 0.29) is 23.6 Å². The van der Waals surface area contributed by atoms with Gasteiger partial charge in [0.2, 0.25) is 0 Å². The molecule has 1 aliphatic heterocycles. The Hall–Kier alpha value is -1.08. The summed E-state index contributed by atoms with van der Waals surface area (Å²) in [4.78, 5) is 16.0. The van der Waals surface area contributed by atoms with Crippen LogP contribution in [0.3, 0.4) is 0 Å². The van der Waals surface area contributed by atoms with E-state index in [0.29, 0.717) is 18.9 Å². The van der Waals surface area contributed by atoms with Crippen molar-refractivity contribution in [1.82, 2.24) is 15.1 Å². The molecular formula is C14H25N3O3S. The number of hydrogen-bond donors (Lipinski definition) is 1. The molecule has 0 aromatic heterocycles. The summed E-state index contributed by atoms with van der Waals surface area (Å²) < 4.78 is 23.3. The monoisotopic (exact) mass is 315 g/mol. The normalized spacial score (nSPS) is 24.6. The molecule has 1 saturated carbocycles. The number of sulfone groups is 1. The van der Waals surface area contributed by atoms with E-state index >= 15 is 0 Å². The highest BCUT2D eigenvalue weighted by atomic mass is 32.2. The topological polar surface area (TPSA) is 69.7 Å². The largest absolute Gasteiger partial charge is 0.321 e. The SMILES string of the molecule is CN(C)CCN(C(=O)N/C=C/C1CC1)C1CCS(=O)(=O)C1. The van der Waals surface area contributed by atoms with Crippen LogP contribution in [0.25, 0.3) is 0 Å². The highest BCUT2D eigenvalue weighted by Crippen LogP contribution is 2.29. The number of likely N-dealkylation sites (N-methyl/N-ethyl adjacent to an activating group) is 1. The molecule has 0 spiro atoms. The van der Waals surface area contributed by atoms with E-state index in [1.54, 1.807) is 11.1 Å². The Morgan fingerprint density at radius 3 is 2.48 bits per heavy atom. The van der Waals surface area contributed by atoms with Gasteiger partial charge in [0.15, 0.2) is 9.84 Å². The maximum absolute atomic E-state index is 12.3. The molecule has 1 N–H and O–H groups in total. The quantitative estimate of drug-likeness (QED) is 0.782. The van der Waals surface area contributed by atoms with E-state index in [1.165, 1.54) is 12.8 Å². The summed E-state index contributed by atoms with van der Waals surface area (Å²) >= 11 is 0. The number of nitrogens with zero attached hydrogens (tertiary/aromatic N) is 2. The minimum Gasteiger partial charge on any atom is -0.319 e.